The minimum atomic E-state index is -1.86. The predicted molar refractivity (Wildman–Crippen MR) is 113 cm³/mol. The number of hydrogen-bond donors (Lipinski definition) is 0. The number of rotatable bonds is 7. The van der Waals surface area contributed by atoms with Crippen LogP contribution in [0.1, 0.15) is 60.6 Å². The number of halogens is 1. The van der Waals surface area contributed by atoms with Crippen LogP contribution >= 0.6 is 15.9 Å². The zero-order chi connectivity index (χ0) is 19.8. The van der Waals surface area contributed by atoms with Gasteiger partial charge in [0.2, 0.25) is 0 Å². The molecule has 0 spiro atoms. The predicted octanol–water partition coefficient (Wildman–Crippen LogP) is 5.46. The van der Waals surface area contributed by atoms with Gasteiger partial charge in [-0.1, -0.05) is 41.5 Å². The van der Waals surface area contributed by atoms with Crippen molar-refractivity contribution in [3.05, 3.63) is 17.3 Å². The van der Waals surface area contributed by atoms with Gasteiger partial charge in [0.25, 0.3) is 0 Å². The van der Waals surface area contributed by atoms with E-state index in [1.54, 1.807) is 12.7 Å². The summed E-state index contributed by atoms with van der Waals surface area (Å²) in [6.07, 6.45) is 5.37. The van der Waals surface area contributed by atoms with Crippen LogP contribution in [0.25, 0.3) is 11.2 Å². The van der Waals surface area contributed by atoms with E-state index < -0.39 is 8.32 Å². The third kappa shape index (κ3) is 3.86. The van der Waals surface area contributed by atoms with Crippen LogP contribution in [0, 0.1) is 0 Å². The summed E-state index contributed by atoms with van der Waals surface area (Å²) >= 11 is 3.43. The van der Waals surface area contributed by atoms with E-state index in [2.05, 4.69) is 72.4 Å². The van der Waals surface area contributed by atoms with E-state index in [0.29, 0.717) is 27.8 Å². The number of nitrogens with zero attached hydrogens (tertiary/aromatic N) is 4. The first-order chi connectivity index (χ1) is 12.8. The summed E-state index contributed by atoms with van der Waals surface area (Å²) < 4.78 is 15.8. The first-order valence-electron chi connectivity index (χ1n) is 9.89. The third-order valence-electron chi connectivity index (χ3n) is 5.94. The standard InChI is InChI=1S/C19H31BrN4O2Si/c1-12(2)27(13(3)4,14(5)6)25-9-15-7-8-16(26-15)24-11-23-17-18(20)21-10-22-19(17)24/h10-16H,7-9H2,1-6H3/t15-,16-/m1/s1. The van der Waals surface area contributed by atoms with Crippen molar-refractivity contribution < 1.29 is 9.16 Å². The zero-order valence-corrected chi connectivity index (χ0v) is 19.7. The Hall–Kier alpha value is -0.833. The molecule has 150 valence electrons. The van der Waals surface area contributed by atoms with Crippen molar-refractivity contribution >= 4 is 35.4 Å². The summed E-state index contributed by atoms with van der Waals surface area (Å²) in [4.78, 5) is 13.0. The highest BCUT2D eigenvalue weighted by Crippen LogP contribution is 2.43. The molecule has 0 aliphatic carbocycles. The molecule has 1 fully saturated rings. The van der Waals surface area contributed by atoms with Gasteiger partial charge in [-0.05, 0) is 45.4 Å². The fourth-order valence-corrected chi connectivity index (χ4v) is 10.6. The smallest absolute Gasteiger partial charge is 0.200 e. The summed E-state index contributed by atoms with van der Waals surface area (Å²) in [6, 6.07) is 0. The van der Waals surface area contributed by atoms with Gasteiger partial charge in [0.05, 0.1) is 19.0 Å². The Kier molecular flexibility index (Phi) is 6.40. The van der Waals surface area contributed by atoms with E-state index in [1.807, 2.05) is 4.57 Å². The van der Waals surface area contributed by atoms with Crippen LogP contribution in [0.2, 0.25) is 16.6 Å². The summed E-state index contributed by atoms with van der Waals surface area (Å²) in [6.45, 7) is 14.6. The Balaban J connectivity index is 1.70. The van der Waals surface area contributed by atoms with Crippen LogP contribution in [0.5, 0.6) is 0 Å². The second kappa shape index (κ2) is 8.27. The third-order valence-corrected chi connectivity index (χ3v) is 12.6. The maximum Gasteiger partial charge on any atom is 0.200 e. The summed E-state index contributed by atoms with van der Waals surface area (Å²) in [5.74, 6) is 0. The summed E-state index contributed by atoms with van der Waals surface area (Å²) in [5, 5.41) is 0. The quantitative estimate of drug-likeness (QED) is 0.410. The molecule has 1 aliphatic rings. The fourth-order valence-electron chi connectivity index (χ4n) is 4.79. The highest BCUT2D eigenvalue weighted by molar-refractivity contribution is 9.10. The van der Waals surface area contributed by atoms with Gasteiger partial charge in [0.1, 0.15) is 22.7 Å². The van der Waals surface area contributed by atoms with Crippen LogP contribution in [0.4, 0.5) is 0 Å². The molecule has 0 unspecified atom stereocenters. The second-order valence-electron chi connectivity index (χ2n) is 8.41. The molecule has 8 heteroatoms. The van der Waals surface area contributed by atoms with Crippen molar-refractivity contribution in [1.29, 1.82) is 0 Å². The lowest BCUT2D eigenvalue weighted by Crippen LogP contribution is -2.49. The molecule has 2 aromatic heterocycles. The summed E-state index contributed by atoms with van der Waals surface area (Å²) in [5.41, 5.74) is 3.33. The van der Waals surface area contributed by atoms with E-state index in [-0.39, 0.29) is 12.3 Å². The Bertz CT molecular complexity index is 758. The molecule has 0 bridgehead atoms. The molecule has 0 N–H and O–H groups in total. The molecule has 0 saturated carbocycles. The first kappa shape index (κ1) is 20.9. The molecule has 6 nitrogen and oxygen atoms in total. The van der Waals surface area contributed by atoms with Crippen LogP contribution in [0.15, 0.2) is 17.3 Å². The highest BCUT2D eigenvalue weighted by Gasteiger charge is 2.45. The molecule has 3 rings (SSSR count). The maximum absolute atomic E-state index is 6.73. The van der Waals surface area contributed by atoms with Gasteiger partial charge in [-0.15, -0.1) is 0 Å². The maximum atomic E-state index is 6.73. The average molecular weight is 455 g/mol. The molecule has 0 aromatic carbocycles. The van der Waals surface area contributed by atoms with Gasteiger partial charge >= 0.3 is 0 Å². The first-order valence-corrected chi connectivity index (χ1v) is 12.8. The Morgan fingerprint density at radius 1 is 1.11 bits per heavy atom. The van der Waals surface area contributed by atoms with E-state index in [1.165, 1.54) is 0 Å². The molecule has 1 aliphatic heterocycles. The molecule has 0 radical (unpaired) electrons. The van der Waals surface area contributed by atoms with Gasteiger partial charge in [-0.2, -0.15) is 0 Å². The molecule has 27 heavy (non-hydrogen) atoms. The summed E-state index contributed by atoms with van der Waals surface area (Å²) in [7, 11) is -1.86. The van der Waals surface area contributed by atoms with Gasteiger partial charge in [-0.25, -0.2) is 15.0 Å². The Labute approximate surface area is 171 Å². The van der Waals surface area contributed by atoms with Crippen molar-refractivity contribution in [3.63, 3.8) is 0 Å². The average Bonchev–Trinajstić information content (AvgIpc) is 3.21. The topological polar surface area (TPSA) is 62.1 Å². The lowest BCUT2D eigenvalue weighted by atomic mass is 10.2. The minimum Gasteiger partial charge on any atom is -0.413 e. The number of fused-ring (bicyclic) bond motifs is 1. The van der Waals surface area contributed by atoms with Crippen LogP contribution < -0.4 is 0 Å². The van der Waals surface area contributed by atoms with Gasteiger partial charge in [0, 0.05) is 0 Å². The minimum absolute atomic E-state index is 0.0429. The normalized spacial score (nSPS) is 21.3. The number of imidazole rings is 1. The van der Waals surface area contributed by atoms with Crippen molar-refractivity contribution in [1.82, 2.24) is 19.5 Å². The lowest BCUT2D eigenvalue weighted by molar-refractivity contribution is -0.0188. The van der Waals surface area contributed by atoms with Crippen molar-refractivity contribution in [2.75, 3.05) is 6.61 Å². The Morgan fingerprint density at radius 2 is 1.78 bits per heavy atom. The zero-order valence-electron chi connectivity index (χ0n) is 17.1. The molecule has 2 atom stereocenters. The van der Waals surface area contributed by atoms with Gasteiger partial charge in [-0.3, -0.25) is 4.57 Å². The van der Waals surface area contributed by atoms with Crippen molar-refractivity contribution in [2.45, 2.75) is 83.3 Å². The second-order valence-corrected chi connectivity index (χ2v) is 14.6. The number of hydrogen-bond acceptors (Lipinski definition) is 5. The number of aromatic nitrogens is 4. The van der Waals surface area contributed by atoms with Crippen LogP contribution in [-0.2, 0) is 9.16 Å². The molecular formula is C19H31BrN4O2Si. The Morgan fingerprint density at radius 3 is 2.41 bits per heavy atom. The van der Waals surface area contributed by atoms with Gasteiger partial charge in [0.15, 0.2) is 14.0 Å². The lowest BCUT2D eigenvalue weighted by Gasteiger charge is -2.42. The van der Waals surface area contributed by atoms with Crippen LogP contribution in [-0.4, -0.2) is 40.5 Å². The molecule has 0 amide bonds. The van der Waals surface area contributed by atoms with Crippen molar-refractivity contribution in [2.24, 2.45) is 0 Å². The SMILES string of the molecule is CC(C)[Si](OC[C@H]1CC[C@H](n2cnc3c(Br)ncnc32)O1)(C(C)C)C(C)C. The highest BCUT2D eigenvalue weighted by atomic mass is 79.9. The fraction of sp³-hybridized carbons (Fsp3) is 0.737. The molecule has 1 saturated heterocycles. The van der Waals surface area contributed by atoms with E-state index in [0.717, 1.165) is 24.0 Å². The molecule has 2 aromatic rings. The van der Waals surface area contributed by atoms with Crippen molar-refractivity contribution in [3.8, 4) is 0 Å². The van der Waals surface area contributed by atoms with E-state index in [4.69, 9.17) is 9.16 Å². The van der Waals surface area contributed by atoms with E-state index >= 15 is 0 Å². The van der Waals surface area contributed by atoms with Gasteiger partial charge < -0.3 is 9.16 Å². The largest absolute Gasteiger partial charge is 0.413 e. The monoisotopic (exact) mass is 454 g/mol. The van der Waals surface area contributed by atoms with Crippen LogP contribution in [0.3, 0.4) is 0 Å². The van der Waals surface area contributed by atoms with E-state index in [9.17, 15) is 0 Å². The molecular weight excluding hydrogens is 424 g/mol. The number of ether oxygens (including phenoxy) is 1. The molecule has 3 heterocycles.